The molecule has 2 aromatic carbocycles. The second-order valence-corrected chi connectivity index (χ2v) is 8.60. The van der Waals surface area contributed by atoms with E-state index < -0.39 is 5.91 Å². The highest BCUT2D eigenvalue weighted by atomic mass is 16.5. The minimum atomic E-state index is -0.487. The second-order valence-electron chi connectivity index (χ2n) is 8.60. The molecule has 2 heterocycles. The van der Waals surface area contributed by atoms with Crippen LogP contribution in [0.15, 0.2) is 73.1 Å². The molecule has 1 aliphatic heterocycles. The minimum Gasteiger partial charge on any atom is -0.296 e. The van der Waals surface area contributed by atoms with Crippen LogP contribution in [0.5, 0.6) is 0 Å². The SMILES string of the molecule is CC1CN(Cc2ccccc2-c2ccncc2)CC(C)N1Cc1ccc(C(=O)NO)cc1. The number of carbonyl (C=O) groups is 1. The predicted molar refractivity (Wildman–Crippen MR) is 125 cm³/mol. The fourth-order valence-electron chi connectivity index (χ4n) is 4.66. The lowest BCUT2D eigenvalue weighted by atomic mass is 9.99. The molecule has 32 heavy (non-hydrogen) atoms. The molecule has 4 rings (SSSR count). The molecule has 0 radical (unpaired) electrons. The van der Waals surface area contributed by atoms with Crippen molar-refractivity contribution < 1.29 is 10.0 Å². The second kappa shape index (κ2) is 10.0. The molecule has 1 aromatic heterocycles. The van der Waals surface area contributed by atoms with Gasteiger partial charge in [-0.3, -0.25) is 24.8 Å². The van der Waals surface area contributed by atoms with Crippen molar-refractivity contribution in [2.75, 3.05) is 13.1 Å². The Balaban J connectivity index is 1.42. The molecule has 6 heteroatoms. The summed E-state index contributed by atoms with van der Waals surface area (Å²) in [4.78, 5) is 20.8. The Morgan fingerprint density at radius 3 is 2.28 bits per heavy atom. The maximum Gasteiger partial charge on any atom is 0.274 e. The van der Waals surface area contributed by atoms with Crippen LogP contribution in [0.3, 0.4) is 0 Å². The number of carbonyl (C=O) groups excluding carboxylic acids is 1. The molecule has 3 aromatic rings. The quantitative estimate of drug-likeness (QED) is 0.458. The van der Waals surface area contributed by atoms with Crippen molar-refractivity contribution in [1.82, 2.24) is 20.3 Å². The van der Waals surface area contributed by atoms with Crippen molar-refractivity contribution >= 4 is 5.91 Å². The highest BCUT2D eigenvalue weighted by Gasteiger charge is 2.29. The van der Waals surface area contributed by atoms with Crippen LogP contribution in [-0.4, -0.2) is 51.1 Å². The third-order valence-electron chi connectivity index (χ3n) is 6.26. The average molecular weight is 431 g/mol. The number of aromatic nitrogens is 1. The molecule has 0 aliphatic carbocycles. The number of piperazine rings is 1. The van der Waals surface area contributed by atoms with E-state index in [9.17, 15) is 4.79 Å². The van der Waals surface area contributed by atoms with Gasteiger partial charge in [-0.1, -0.05) is 36.4 Å². The zero-order chi connectivity index (χ0) is 22.5. The van der Waals surface area contributed by atoms with Crippen molar-refractivity contribution in [1.29, 1.82) is 0 Å². The van der Waals surface area contributed by atoms with Crippen LogP contribution in [0.1, 0.15) is 35.3 Å². The summed E-state index contributed by atoms with van der Waals surface area (Å²) in [5.74, 6) is -0.487. The van der Waals surface area contributed by atoms with Gasteiger partial charge in [0.05, 0.1) is 0 Å². The summed E-state index contributed by atoms with van der Waals surface area (Å²) in [5, 5.41) is 8.79. The normalized spacial score (nSPS) is 19.6. The first-order valence-corrected chi connectivity index (χ1v) is 11.0. The van der Waals surface area contributed by atoms with Crippen molar-refractivity contribution in [3.8, 4) is 11.1 Å². The summed E-state index contributed by atoms with van der Waals surface area (Å²) >= 11 is 0. The Bertz CT molecular complexity index is 1030. The molecule has 1 saturated heterocycles. The van der Waals surface area contributed by atoms with E-state index in [0.29, 0.717) is 17.6 Å². The van der Waals surface area contributed by atoms with E-state index in [1.807, 2.05) is 24.5 Å². The molecule has 0 saturated carbocycles. The Morgan fingerprint density at radius 1 is 0.969 bits per heavy atom. The highest BCUT2D eigenvalue weighted by molar-refractivity contribution is 5.93. The average Bonchev–Trinajstić information content (AvgIpc) is 2.82. The van der Waals surface area contributed by atoms with E-state index in [0.717, 1.165) is 31.7 Å². The number of hydrogen-bond acceptors (Lipinski definition) is 5. The van der Waals surface area contributed by atoms with Gasteiger partial charge in [-0.2, -0.15) is 0 Å². The van der Waals surface area contributed by atoms with E-state index in [4.69, 9.17) is 5.21 Å². The molecule has 2 unspecified atom stereocenters. The van der Waals surface area contributed by atoms with Crippen LogP contribution in [0.2, 0.25) is 0 Å². The zero-order valence-electron chi connectivity index (χ0n) is 18.6. The number of nitrogens with one attached hydrogen (secondary N) is 1. The molecule has 0 spiro atoms. The minimum absolute atomic E-state index is 0.409. The Hall–Kier alpha value is -3.06. The lowest BCUT2D eigenvalue weighted by Crippen LogP contribution is -2.55. The fourth-order valence-corrected chi connectivity index (χ4v) is 4.66. The van der Waals surface area contributed by atoms with Crippen LogP contribution in [0.25, 0.3) is 11.1 Å². The summed E-state index contributed by atoms with van der Waals surface area (Å²) in [6.07, 6.45) is 3.69. The maximum absolute atomic E-state index is 11.5. The highest BCUT2D eigenvalue weighted by Crippen LogP contribution is 2.26. The standard InChI is InChI=1S/C26H30N4O2/c1-19-15-29(18-24-5-3-4-6-25(24)22-11-13-27-14-12-22)16-20(2)30(19)17-21-7-9-23(10-8-21)26(31)28-32/h3-14,19-20,32H,15-18H2,1-2H3,(H,28,31). The Kier molecular flexibility index (Phi) is 6.95. The van der Waals surface area contributed by atoms with Gasteiger partial charge in [0, 0.05) is 56.2 Å². The molecule has 2 N–H and O–H groups in total. The van der Waals surface area contributed by atoms with E-state index in [1.54, 1.807) is 17.6 Å². The van der Waals surface area contributed by atoms with Crippen LogP contribution in [0, 0.1) is 0 Å². The van der Waals surface area contributed by atoms with Gasteiger partial charge in [-0.15, -0.1) is 0 Å². The maximum atomic E-state index is 11.5. The molecular formula is C26H30N4O2. The molecule has 6 nitrogen and oxygen atoms in total. The van der Waals surface area contributed by atoms with Gasteiger partial charge in [-0.05, 0) is 60.4 Å². The predicted octanol–water partition coefficient (Wildman–Crippen LogP) is 3.96. The Labute approximate surface area is 189 Å². The lowest BCUT2D eigenvalue weighted by Gasteiger charge is -2.44. The molecular weight excluding hydrogens is 400 g/mol. The van der Waals surface area contributed by atoms with Crippen molar-refractivity contribution in [2.24, 2.45) is 0 Å². The van der Waals surface area contributed by atoms with Gasteiger partial charge >= 0.3 is 0 Å². The monoisotopic (exact) mass is 430 g/mol. The first kappa shape index (κ1) is 22.1. The third-order valence-corrected chi connectivity index (χ3v) is 6.26. The number of hydrogen-bond donors (Lipinski definition) is 2. The van der Waals surface area contributed by atoms with Crippen LogP contribution >= 0.6 is 0 Å². The van der Waals surface area contributed by atoms with Gasteiger partial charge < -0.3 is 0 Å². The van der Waals surface area contributed by atoms with Crippen LogP contribution < -0.4 is 5.48 Å². The van der Waals surface area contributed by atoms with Crippen molar-refractivity contribution in [3.05, 3.63) is 89.7 Å². The van der Waals surface area contributed by atoms with Gasteiger partial charge in [0.1, 0.15) is 0 Å². The molecule has 1 aliphatic rings. The summed E-state index contributed by atoms with van der Waals surface area (Å²) in [7, 11) is 0. The fraction of sp³-hybridized carbons (Fsp3) is 0.308. The Morgan fingerprint density at radius 2 is 1.62 bits per heavy atom. The summed E-state index contributed by atoms with van der Waals surface area (Å²) < 4.78 is 0. The van der Waals surface area contributed by atoms with Crippen molar-refractivity contribution in [2.45, 2.75) is 39.0 Å². The molecule has 0 bridgehead atoms. The largest absolute Gasteiger partial charge is 0.296 e. The molecule has 1 amide bonds. The molecule has 166 valence electrons. The number of nitrogens with zero attached hydrogens (tertiary/aromatic N) is 3. The molecule has 1 fully saturated rings. The van der Waals surface area contributed by atoms with Gasteiger partial charge in [0.25, 0.3) is 5.91 Å². The topological polar surface area (TPSA) is 68.7 Å². The van der Waals surface area contributed by atoms with Gasteiger partial charge in [0.2, 0.25) is 0 Å². The number of amides is 1. The summed E-state index contributed by atoms with van der Waals surface area (Å²) in [6.45, 7) is 8.33. The van der Waals surface area contributed by atoms with Crippen molar-refractivity contribution in [3.63, 3.8) is 0 Å². The van der Waals surface area contributed by atoms with E-state index in [2.05, 4.69) is 65.0 Å². The lowest BCUT2D eigenvalue weighted by molar-refractivity contribution is 0.0291. The number of pyridine rings is 1. The molecule has 2 atom stereocenters. The van der Waals surface area contributed by atoms with Gasteiger partial charge in [-0.25, -0.2) is 5.48 Å². The third kappa shape index (κ3) is 5.05. The van der Waals surface area contributed by atoms with Crippen LogP contribution in [0.4, 0.5) is 0 Å². The van der Waals surface area contributed by atoms with Gasteiger partial charge in [0.15, 0.2) is 0 Å². The zero-order valence-corrected chi connectivity index (χ0v) is 18.6. The van der Waals surface area contributed by atoms with Crippen LogP contribution in [-0.2, 0) is 13.1 Å². The first-order chi connectivity index (χ1) is 15.5. The number of hydroxylamine groups is 1. The smallest absolute Gasteiger partial charge is 0.274 e. The summed E-state index contributed by atoms with van der Waals surface area (Å²) in [6, 6.07) is 21.0. The number of benzene rings is 2. The number of rotatable bonds is 6. The van der Waals surface area contributed by atoms with E-state index in [1.165, 1.54) is 16.7 Å². The van der Waals surface area contributed by atoms with E-state index in [-0.39, 0.29) is 0 Å². The van der Waals surface area contributed by atoms with E-state index >= 15 is 0 Å². The summed E-state index contributed by atoms with van der Waals surface area (Å²) in [5.41, 5.74) is 7.10. The first-order valence-electron chi connectivity index (χ1n) is 11.0.